The zero-order valence-corrected chi connectivity index (χ0v) is 14.9. The number of aromatic nitrogens is 4. The molecule has 0 aliphatic heterocycles. The predicted molar refractivity (Wildman–Crippen MR) is 102 cm³/mol. The third-order valence-electron chi connectivity index (χ3n) is 3.87. The van der Waals surface area contributed by atoms with Crippen LogP contribution in [-0.2, 0) is 0 Å². The van der Waals surface area contributed by atoms with Crippen molar-refractivity contribution in [2.45, 2.75) is 6.92 Å². The number of rotatable bonds is 5. The summed E-state index contributed by atoms with van der Waals surface area (Å²) in [5.74, 6) is 2.84. The lowest BCUT2D eigenvalue weighted by atomic mass is 10.3. The Bertz CT molecular complexity index is 1080. The number of pyridine rings is 3. The minimum absolute atomic E-state index is 0.426. The van der Waals surface area contributed by atoms with Crippen molar-refractivity contribution in [1.29, 1.82) is 0 Å². The lowest BCUT2D eigenvalue weighted by Crippen LogP contribution is -1.96. The molecule has 0 bridgehead atoms. The number of oxazole rings is 1. The van der Waals surface area contributed by atoms with Crippen molar-refractivity contribution in [1.82, 2.24) is 19.9 Å². The fourth-order valence-corrected chi connectivity index (χ4v) is 2.61. The van der Waals surface area contributed by atoms with E-state index < -0.39 is 0 Å². The molecule has 0 saturated heterocycles. The number of methoxy groups -OCH3 is 1. The van der Waals surface area contributed by atoms with Gasteiger partial charge in [0.1, 0.15) is 17.3 Å². The summed E-state index contributed by atoms with van der Waals surface area (Å²) in [5.41, 5.74) is 2.47. The van der Waals surface area contributed by atoms with Crippen LogP contribution in [-0.4, -0.2) is 27.0 Å². The van der Waals surface area contributed by atoms with Gasteiger partial charge in [-0.25, -0.2) is 19.9 Å². The standard InChI is InChI=1S/C20H17N5O2/c1-13-8-10-21-18(11-13)25-17-7-3-6-15(24-17)16-12-23-20(27-16)14-5-4-9-22-19(14)26-2/h3-12H,1-2H3,(H,21,24,25). The normalized spacial score (nSPS) is 10.6. The molecule has 4 rings (SSSR count). The molecule has 0 fully saturated rings. The van der Waals surface area contributed by atoms with Gasteiger partial charge >= 0.3 is 0 Å². The zero-order valence-electron chi connectivity index (χ0n) is 14.9. The number of aryl methyl sites for hydroxylation is 1. The quantitative estimate of drug-likeness (QED) is 0.570. The van der Waals surface area contributed by atoms with Gasteiger partial charge in [-0.05, 0) is 48.9 Å². The molecular formula is C20H17N5O2. The summed E-state index contributed by atoms with van der Waals surface area (Å²) in [5, 5.41) is 3.20. The van der Waals surface area contributed by atoms with Crippen molar-refractivity contribution in [2.75, 3.05) is 12.4 Å². The van der Waals surface area contributed by atoms with Crippen LogP contribution in [0.1, 0.15) is 5.56 Å². The van der Waals surface area contributed by atoms with E-state index in [1.165, 1.54) is 0 Å². The lowest BCUT2D eigenvalue weighted by molar-refractivity contribution is 0.397. The largest absolute Gasteiger partial charge is 0.480 e. The first-order valence-corrected chi connectivity index (χ1v) is 8.35. The van der Waals surface area contributed by atoms with Crippen molar-refractivity contribution < 1.29 is 9.15 Å². The summed E-state index contributed by atoms with van der Waals surface area (Å²) in [6, 6.07) is 13.2. The van der Waals surface area contributed by atoms with Gasteiger partial charge in [0.25, 0.3) is 0 Å². The Kier molecular flexibility index (Phi) is 4.49. The Morgan fingerprint density at radius 3 is 2.74 bits per heavy atom. The van der Waals surface area contributed by atoms with Gasteiger partial charge in [-0.1, -0.05) is 6.07 Å². The van der Waals surface area contributed by atoms with Gasteiger partial charge in [-0.15, -0.1) is 0 Å². The molecule has 0 atom stereocenters. The Balaban J connectivity index is 1.62. The average Bonchev–Trinajstić information content (AvgIpc) is 3.18. The predicted octanol–water partition coefficient (Wildman–Crippen LogP) is 4.25. The van der Waals surface area contributed by atoms with E-state index in [1.54, 1.807) is 31.8 Å². The Hall–Kier alpha value is -3.74. The third kappa shape index (κ3) is 3.62. The fraction of sp³-hybridized carbons (Fsp3) is 0.100. The van der Waals surface area contributed by atoms with Crippen LogP contribution < -0.4 is 10.1 Å². The van der Waals surface area contributed by atoms with Gasteiger partial charge in [0, 0.05) is 12.4 Å². The van der Waals surface area contributed by atoms with E-state index >= 15 is 0 Å². The Morgan fingerprint density at radius 1 is 0.963 bits per heavy atom. The average molecular weight is 359 g/mol. The van der Waals surface area contributed by atoms with E-state index in [0.717, 1.165) is 11.4 Å². The molecule has 1 N–H and O–H groups in total. The summed E-state index contributed by atoms with van der Waals surface area (Å²) >= 11 is 0. The molecule has 0 aromatic carbocycles. The maximum atomic E-state index is 5.89. The van der Waals surface area contributed by atoms with Crippen LogP contribution in [0.2, 0.25) is 0 Å². The number of hydrogen-bond donors (Lipinski definition) is 1. The smallest absolute Gasteiger partial charge is 0.232 e. The van der Waals surface area contributed by atoms with E-state index in [4.69, 9.17) is 9.15 Å². The van der Waals surface area contributed by atoms with E-state index in [0.29, 0.717) is 34.6 Å². The van der Waals surface area contributed by atoms with E-state index in [-0.39, 0.29) is 0 Å². The van der Waals surface area contributed by atoms with Gasteiger partial charge in [-0.3, -0.25) is 0 Å². The van der Waals surface area contributed by atoms with Crippen LogP contribution in [0.4, 0.5) is 11.6 Å². The second-order valence-electron chi connectivity index (χ2n) is 5.84. The summed E-state index contributed by atoms with van der Waals surface area (Å²) in [6.45, 7) is 2.01. The van der Waals surface area contributed by atoms with Crippen LogP contribution in [0, 0.1) is 6.92 Å². The summed E-state index contributed by atoms with van der Waals surface area (Å²) < 4.78 is 11.2. The van der Waals surface area contributed by atoms with Crippen molar-refractivity contribution in [3.63, 3.8) is 0 Å². The molecule has 7 nitrogen and oxygen atoms in total. The molecule has 4 aromatic rings. The van der Waals surface area contributed by atoms with Crippen LogP contribution in [0.15, 0.2) is 65.5 Å². The molecule has 0 amide bonds. The fourth-order valence-electron chi connectivity index (χ4n) is 2.61. The van der Waals surface area contributed by atoms with Crippen molar-refractivity contribution in [3.05, 3.63) is 66.6 Å². The van der Waals surface area contributed by atoms with E-state index in [1.807, 2.05) is 43.3 Å². The molecule has 7 heteroatoms. The first-order valence-electron chi connectivity index (χ1n) is 8.35. The van der Waals surface area contributed by atoms with Gasteiger partial charge < -0.3 is 14.5 Å². The van der Waals surface area contributed by atoms with E-state index in [9.17, 15) is 0 Å². The van der Waals surface area contributed by atoms with Crippen LogP contribution in [0.5, 0.6) is 5.88 Å². The molecule has 4 aromatic heterocycles. The summed E-state index contributed by atoms with van der Waals surface area (Å²) in [6.07, 6.45) is 5.05. The Morgan fingerprint density at radius 2 is 1.89 bits per heavy atom. The van der Waals surface area contributed by atoms with E-state index in [2.05, 4.69) is 25.3 Å². The van der Waals surface area contributed by atoms with Gasteiger partial charge in [-0.2, -0.15) is 0 Å². The third-order valence-corrected chi connectivity index (χ3v) is 3.87. The topological polar surface area (TPSA) is 86.0 Å². The molecule has 0 saturated carbocycles. The highest BCUT2D eigenvalue weighted by Crippen LogP contribution is 2.30. The van der Waals surface area contributed by atoms with Crippen molar-refractivity contribution in [2.24, 2.45) is 0 Å². The van der Waals surface area contributed by atoms with Crippen molar-refractivity contribution in [3.8, 4) is 28.8 Å². The summed E-state index contributed by atoms with van der Waals surface area (Å²) in [7, 11) is 1.56. The second-order valence-corrected chi connectivity index (χ2v) is 5.84. The molecule has 27 heavy (non-hydrogen) atoms. The number of nitrogens with one attached hydrogen (secondary N) is 1. The van der Waals surface area contributed by atoms with Gasteiger partial charge in [0.15, 0.2) is 5.76 Å². The maximum absolute atomic E-state index is 5.89. The van der Waals surface area contributed by atoms with Crippen LogP contribution in [0.25, 0.3) is 22.9 Å². The highest BCUT2D eigenvalue weighted by Gasteiger charge is 2.14. The number of anilines is 2. The molecule has 0 unspecified atom stereocenters. The first kappa shape index (κ1) is 16.7. The molecule has 0 spiro atoms. The number of hydrogen-bond acceptors (Lipinski definition) is 7. The van der Waals surface area contributed by atoms with Gasteiger partial charge in [0.2, 0.25) is 11.8 Å². The first-order chi connectivity index (χ1) is 13.2. The van der Waals surface area contributed by atoms with Gasteiger partial charge in [0.05, 0.1) is 18.9 Å². The van der Waals surface area contributed by atoms with Crippen LogP contribution in [0.3, 0.4) is 0 Å². The highest BCUT2D eigenvalue weighted by molar-refractivity contribution is 5.64. The molecule has 134 valence electrons. The SMILES string of the molecule is COc1ncccc1-c1ncc(-c2cccc(Nc3cc(C)ccn3)n2)o1. The number of nitrogens with zero attached hydrogens (tertiary/aromatic N) is 4. The molecule has 4 heterocycles. The lowest BCUT2D eigenvalue weighted by Gasteiger charge is -2.06. The minimum atomic E-state index is 0.426. The summed E-state index contributed by atoms with van der Waals surface area (Å²) in [4.78, 5) is 17.4. The zero-order chi connectivity index (χ0) is 18.6. The minimum Gasteiger partial charge on any atom is -0.480 e. The van der Waals surface area contributed by atoms with Crippen LogP contribution >= 0.6 is 0 Å². The molecule has 0 aliphatic rings. The Labute approximate surface area is 156 Å². The molecule has 0 aliphatic carbocycles. The molecular weight excluding hydrogens is 342 g/mol. The van der Waals surface area contributed by atoms with Crippen molar-refractivity contribution >= 4 is 11.6 Å². The second kappa shape index (κ2) is 7.25. The number of ether oxygens (including phenoxy) is 1. The monoisotopic (exact) mass is 359 g/mol. The molecule has 0 radical (unpaired) electrons. The highest BCUT2D eigenvalue weighted by atomic mass is 16.5. The maximum Gasteiger partial charge on any atom is 0.232 e.